The predicted octanol–water partition coefficient (Wildman–Crippen LogP) is 0.608. The van der Waals surface area contributed by atoms with E-state index < -0.39 is 6.10 Å². The summed E-state index contributed by atoms with van der Waals surface area (Å²) in [5.74, 6) is 0.650. The zero-order valence-corrected chi connectivity index (χ0v) is 13.6. The summed E-state index contributed by atoms with van der Waals surface area (Å²) in [6.45, 7) is 7.29. The number of hydrogen-bond acceptors (Lipinski definition) is 6. The van der Waals surface area contributed by atoms with Crippen LogP contribution >= 0.6 is 0 Å². The molecule has 0 aromatic heterocycles. The summed E-state index contributed by atoms with van der Waals surface area (Å²) in [4.78, 5) is 2.36. The Balaban J connectivity index is 1.61. The molecule has 1 saturated heterocycles. The van der Waals surface area contributed by atoms with Crippen LogP contribution < -0.4 is 10.1 Å². The van der Waals surface area contributed by atoms with Crippen LogP contribution in [0.2, 0.25) is 0 Å². The molecule has 0 spiro atoms. The SMILES string of the molecule is CCN1CCO[C@@H](CNC[C@@H](O)COc2ccc(C#N)cc2)C1. The van der Waals surface area contributed by atoms with E-state index >= 15 is 0 Å². The second kappa shape index (κ2) is 9.48. The summed E-state index contributed by atoms with van der Waals surface area (Å²) in [5.41, 5.74) is 0.591. The van der Waals surface area contributed by atoms with Crippen LogP contribution in [0.15, 0.2) is 24.3 Å². The average Bonchev–Trinajstić information content (AvgIpc) is 2.60. The van der Waals surface area contributed by atoms with Gasteiger partial charge in [0.2, 0.25) is 0 Å². The molecule has 1 aromatic rings. The van der Waals surface area contributed by atoms with E-state index in [2.05, 4.69) is 23.2 Å². The number of aliphatic hydroxyl groups is 1. The molecule has 2 atom stereocenters. The number of ether oxygens (including phenoxy) is 2. The number of nitrogens with zero attached hydrogens (tertiary/aromatic N) is 2. The van der Waals surface area contributed by atoms with Gasteiger partial charge in [-0.15, -0.1) is 0 Å². The van der Waals surface area contributed by atoms with Gasteiger partial charge >= 0.3 is 0 Å². The largest absolute Gasteiger partial charge is 0.491 e. The summed E-state index contributed by atoms with van der Waals surface area (Å²) in [5, 5.41) is 21.9. The molecule has 1 aliphatic rings. The van der Waals surface area contributed by atoms with E-state index in [1.54, 1.807) is 24.3 Å². The number of nitriles is 1. The molecular formula is C17H25N3O3. The Bertz CT molecular complexity index is 501. The third kappa shape index (κ3) is 6.16. The lowest BCUT2D eigenvalue weighted by atomic mass is 10.2. The van der Waals surface area contributed by atoms with Crippen LogP contribution in [0.25, 0.3) is 0 Å². The molecule has 6 heteroatoms. The van der Waals surface area contributed by atoms with Crippen LogP contribution in [-0.2, 0) is 4.74 Å². The molecule has 23 heavy (non-hydrogen) atoms. The lowest BCUT2D eigenvalue weighted by molar-refractivity contribution is -0.0266. The first-order valence-corrected chi connectivity index (χ1v) is 8.07. The van der Waals surface area contributed by atoms with Crippen molar-refractivity contribution in [2.24, 2.45) is 0 Å². The second-order valence-electron chi connectivity index (χ2n) is 5.65. The first kappa shape index (κ1) is 17.7. The summed E-state index contributed by atoms with van der Waals surface area (Å²) >= 11 is 0. The summed E-state index contributed by atoms with van der Waals surface area (Å²) in [6.07, 6.45) is -0.410. The van der Waals surface area contributed by atoms with Gasteiger partial charge in [0.1, 0.15) is 18.5 Å². The third-order valence-corrected chi connectivity index (χ3v) is 3.85. The zero-order chi connectivity index (χ0) is 16.5. The van der Waals surface area contributed by atoms with Crippen LogP contribution in [0, 0.1) is 11.3 Å². The van der Waals surface area contributed by atoms with E-state index in [1.165, 1.54) is 0 Å². The van der Waals surface area contributed by atoms with E-state index in [0.29, 0.717) is 17.9 Å². The number of morpholine rings is 1. The molecule has 1 aromatic carbocycles. The van der Waals surface area contributed by atoms with Crippen molar-refractivity contribution < 1.29 is 14.6 Å². The van der Waals surface area contributed by atoms with Gasteiger partial charge in [-0.05, 0) is 30.8 Å². The lowest BCUT2D eigenvalue weighted by Crippen LogP contribution is -2.47. The number of benzene rings is 1. The Morgan fingerprint density at radius 3 is 2.96 bits per heavy atom. The fourth-order valence-electron chi connectivity index (χ4n) is 2.48. The second-order valence-corrected chi connectivity index (χ2v) is 5.65. The van der Waals surface area contributed by atoms with E-state index in [-0.39, 0.29) is 12.7 Å². The van der Waals surface area contributed by atoms with Gasteiger partial charge in [-0.3, -0.25) is 4.90 Å². The smallest absolute Gasteiger partial charge is 0.119 e. The molecule has 0 amide bonds. The molecule has 0 unspecified atom stereocenters. The highest BCUT2D eigenvalue weighted by molar-refractivity contribution is 5.34. The maximum absolute atomic E-state index is 9.95. The topological polar surface area (TPSA) is 77.8 Å². The molecule has 2 N–H and O–H groups in total. The zero-order valence-electron chi connectivity index (χ0n) is 13.6. The Labute approximate surface area is 137 Å². The van der Waals surface area contributed by atoms with Gasteiger partial charge in [0.05, 0.1) is 24.3 Å². The monoisotopic (exact) mass is 319 g/mol. The van der Waals surface area contributed by atoms with Gasteiger partial charge in [0.25, 0.3) is 0 Å². The maximum atomic E-state index is 9.95. The third-order valence-electron chi connectivity index (χ3n) is 3.85. The van der Waals surface area contributed by atoms with Crippen molar-refractivity contribution in [1.82, 2.24) is 10.2 Å². The average molecular weight is 319 g/mol. The molecule has 0 bridgehead atoms. The van der Waals surface area contributed by atoms with Crippen LogP contribution in [0.4, 0.5) is 0 Å². The normalized spacial score (nSPS) is 20.0. The Morgan fingerprint density at radius 2 is 2.26 bits per heavy atom. The number of likely N-dealkylation sites (N-methyl/N-ethyl adjacent to an activating group) is 1. The number of aliphatic hydroxyl groups excluding tert-OH is 1. The van der Waals surface area contributed by atoms with Crippen LogP contribution in [0.1, 0.15) is 12.5 Å². The minimum Gasteiger partial charge on any atom is -0.491 e. The van der Waals surface area contributed by atoms with E-state index in [4.69, 9.17) is 14.7 Å². The minimum atomic E-state index is -0.587. The quantitative estimate of drug-likeness (QED) is 0.731. The molecule has 1 heterocycles. The van der Waals surface area contributed by atoms with Crippen molar-refractivity contribution in [2.45, 2.75) is 19.1 Å². The highest BCUT2D eigenvalue weighted by Crippen LogP contribution is 2.11. The first-order valence-electron chi connectivity index (χ1n) is 8.07. The van der Waals surface area contributed by atoms with Gasteiger partial charge in [-0.1, -0.05) is 6.92 Å². The van der Waals surface area contributed by atoms with Crippen LogP contribution in [0.3, 0.4) is 0 Å². The Hall–Kier alpha value is -1.65. The highest BCUT2D eigenvalue weighted by atomic mass is 16.5. The van der Waals surface area contributed by atoms with Gasteiger partial charge in [0.15, 0.2) is 0 Å². The molecule has 0 aliphatic carbocycles. The van der Waals surface area contributed by atoms with Crippen molar-refractivity contribution in [2.75, 3.05) is 45.9 Å². The fraction of sp³-hybridized carbons (Fsp3) is 0.588. The molecule has 1 fully saturated rings. The van der Waals surface area contributed by atoms with E-state index in [9.17, 15) is 5.11 Å². The molecule has 0 radical (unpaired) electrons. The minimum absolute atomic E-state index is 0.176. The van der Waals surface area contributed by atoms with Gasteiger partial charge in [-0.2, -0.15) is 5.26 Å². The van der Waals surface area contributed by atoms with Gasteiger partial charge in [0, 0.05) is 26.2 Å². The van der Waals surface area contributed by atoms with Crippen molar-refractivity contribution >= 4 is 0 Å². The van der Waals surface area contributed by atoms with Crippen molar-refractivity contribution in [3.8, 4) is 11.8 Å². The fourth-order valence-corrected chi connectivity index (χ4v) is 2.48. The molecule has 6 nitrogen and oxygen atoms in total. The van der Waals surface area contributed by atoms with Crippen molar-refractivity contribution in [3.05, 3.63) is 29.8 Å². The first-order chi connectivity index (χ1) is 11.2. The van der Waals surface area contributed by atoms with Gasteiger partial charge in [-0.25, -0.2) is 0 Å². The Kier molecular flexibility index (Phi) is 7.30. The van der Waals surface area contributed by atoms with Crippen LogP contribution in [0.5, 0.6) is 5.75 Å². The number of nitrogens with one attached hydrogen (secondary N) is 1. The standard InChI is InChI=1S/C17H25N3O3/c1-2-20-7-8-22-17(12-20)11-19-10-15(21)13-23-16-5-3-14(9-18)4-6-16/h3-6,15,17,19,21H,2,7-8,10-13H2,1H3/t15-,17+/m1/s1. The summed E-state index contributed by atoms with van der Waals surface area (Å²) in [7, 11) is 0. The Morgan fingerprint density at radius 1 is 1.48 bits per heavy atom. The molecule has 1 aliphatic heterocycles. The number of rotatable bonds is 8. The highest BCUT2D eigenvalue weighted by Gasteiger charge is 2.19. The van der Waals surface area contributed by atoms with Crippen molar-refractivity contribution in [3.63, 3.8) is 0 Å². The molecule has 126 valence electrons. The predicted molar refractivity (Wildman–Crippen MR) is 87.4 cm³/mol. The van der Waals surface area contributed by atoms with Crippen LogP contribution in [-0.4, -0.2) is 68.2 Å². The molecule has 2 rings (SSSR count). The summed E-state index contributed by atoms with van der Waals surface area (Å²) in [6, 6.07) is 8.90. The lowest BCUT2D eigenvalue weighted by Gasteiger charge is -2.32. The molecular weight excluding hydrogens is 294 g/mol. The summed E-state index contributed by atoms with van der Waals surface area (Å²) < 4.78 is 11.2. The van der Waals surface area contributed by atoms with Gasteiger partial charge < -0.3 is 19.9 Å². The molecule has 0 saturated carbocycles. The number of hydrogen-bond donors (Lipinski definition) is 2. The van der Waals surface area contributed by atoms with E-state index in [1.807, 2.05) is 0 Å². The van der Waals surface area contributed by atoms with Crippen molar-refractivity contribution in [1.29, 1.82) is 5.26 Å². The maximum Gasteiger partial charge on any atom is 0.119 e. The van der Waals surface area contributed by atoms with E-state index in [0.717, 1.165) is 32.8 Å².